The van der Waals surface area contributed by atoms with Crippen LogP contribution in [0.3, 0.4) is 0 Å². The van der Waals surface area contributed by atoms with Crippen LogP contribution in [0.4, 0.5) is 0 Å². The van der Waals surface area contributed by atoms with Gasteiger partial charge < -0.3 is 33.2 Å². The van der Waals surface area contributed by atoms with Crippen molar-refractivity contribution in [3.8, 4) is 5.88 Å². The topological polar surface area (TPSA) is 216 Å². The van der Waals surface area contributed by atoms with Crippen LogP contribution in [0.1, 0.15) is 76.3 Å². The zero-order valence-corrected chi connectivity index (χ0v) is 30.1. The average Bonchev–Trinajstić information content (AvgIpc) is 3.55. The molecule has 2 aliphatic rings. The lowest BCUT2D eigenvalue weighted by molar-refractivity contribution is -0.270. The fraction of sp³-hybridized carbons (Fsp3) is 0.457. The second-order valence-electron chi connectivity index (χ2n) is 12.2. The van der Waals surface area contributed by atoms with Gasteiger partial charge in [-0.1, -0.05) is 35.5 Å². The van der Waals surface area contributed by atoms with Crippen molar-refractivity contribution >= 4 is 29.8 Å². The molecule has 4 heterocycles. The number of fused-ring (bicyclic) bond motifs is 1. The van der Waals surface area contributed by atoms with Crippen LogP contribution in [0.2, 0.25) is 0 Å². The lowest BCUT2D eigenvalue weighted by atomic mass is 9.83. The standard InChI is InChI=1S/C35H39N5O13/c1-8-47-35(46)26-17(2)49-32-28(27(26)23-12-10-9-11-13-23)33(45)39(18(3)36-32)14-24-15-40(38-37-24)34-31(52-22(7)44)30(51-21(6)43)29(50-20(5)42)25(53-34)16-48-19(4)41/h9-13,15,25,27,29-31,34H,8,14,16H2,1-7H3/t25-,27?,29-,30+,31-,34-/m1/s1. The predicted octanol–water partition coefficient (Wildman–Crippen LogP) is 1.81. The summed E-state index contributed by atoms with van der Waals surface area (Å²) < 4.78 is 41.6. The van der Waals surface area contributed by atoms with Crippen molar-refractivity contribution in [2.75, 3.05) is 13.2 Å². The van der Waals surface area contributed by atoms with Gasteiger partial charge >= 0.3 is 29.8 Å². The highest BCUT2D eigenvalue weighted by atomic mass is 16.7. The van der Waals surface area contributed by atoms with Crippen molar-refractivity contribution in [1.82, 2.24) is 24.5 Å². The molecule has 1 saturated heterocycles. The second-order valence-corrected chi connectivity index (χ2v) is 12.2. The first-order chi connectivity index (χ1) is 25.2. The number of hydrogen-bond donors (Lipinski definition) is 0. The molecule has 18 nitrogen and oxygen atoms in total. The fourth-order valence-electron chi connectivity index (χ4n) is 6.25. The average molecular weight is 738 g/mol. The van der Waals surface area contributed by atoms with Gasteiger partial charge in [-0.2, -0.15) is 4.98 Å². The molecule has 0 saturated carbocycles. The van der Waals surface area contributed by atoms with Gasteiger partial charge in [0.05, 0.1) is 36.4 Å². The molecule has 0 aliphatic carbocycles. The fourth-order valence-corrected chi connectivity index (χ4v) is 6.25. The molecule has 1 unspecified atom stereocenters. The molecule has 18 heteroatoms. The highest BCUT2D eigenvalue weighted by Crippen LogP contribution is 2.41. The summed E-state index contributed by atoms with van der Waals surface area (Å²) in [5.74, 6) is -3.96. The number of benzene rings is 1. The first kappa shape index (κ1) is 38.3. The monoisotopic (exact) mass is 737 g/mol. The van der Waals surface area contributed by atoms with E-state index in [1.807, 2.05) is 6.07 Å². The summed E-state index contributed by atoms with van der Waals surface area (Å²) in [6.45, 7) is 8.91. The van der Waals surface area contributed by atoms with Gasteiger partial charge in [0.25, 0.3) is 5.56 Å². The molecule has 1 aromatic carbocycles. The SMILES string of the molecule is CCOC(=O)C1=C(C)Oc2nc(C)n(Cc3cn([C@@H]4O[C@H](COC(C)=O)[C@@H](OC(C)=O)[C@H](OC(C)=O)[C@H]4OC(C)=O)nn3)c(=O)c2C1c1ccccc1. The van der Waals surface area contributed by atoms with E-state index in [9.17, 15) is 28.8 Å². The number of hydrogen-bond acceptors (Lipinski definition) is 16. The minimum Gasteiger partial charge on any atom is -0.463 e. The maximum atomic E-state index is 14.4. The number of esters is 5. The smallest absolute Gasteiger partial charge is 0.338 e. The number of aromatic nitrogens is 5. The third-order valence-corrected chi connectivity index (χ3v) is 8.30. The van der Waals surface area contributed by atoms with Crippen LogP contribution < -0.4 is 10.3 Å². The molecule has 3 aromatic rings. The Hall–Kier alpha value is -5.91. The third kappa shape index (κ3) is 8.43. The molecule has 2 aliphatic heterocycles. The van der Waals surface area contributed by atoms with E-state index in [1.165, 1.54) is 22.4 Å². The number of rotatable bonds is 11. The summed E-state index contributed by atoms with van der Waals surface area (Å²) in [5.41, 5.74) is 0.618. The first-order valence-corrected chi connectivity index (χ1v) is 16.6. The Morgan fingerprint density at radius 2 is 1.49 bits per heavy atom. The molecular weight excluding hydrogens is 698 g/mol. The third-order valence-electron chi connectivity index (χ3n) is 8.30. The van der Waals surface area contributed by atoms with Gasteiger partial charge in [0.15, 0.2) is 24.5 Å². The molecule has 0 spiro atoms. The minimum absolute atomic E-state index is 0.0457. The van der Waals surface area contributed by atoms with E-state index < -0.39 is 78.6 Å². The zero-order chi connectivity index (χ0) is 38.6. The second kappa shape index (κ2) is 16.2. The molecule has 53 heavy (non-hydrogen) atoms. The molecule has 1 fully saturated rings. The molecule has 5 rings (SSSR count). The Morgan fingerprint density at radius 3 is 2.11 bits per heavy atom. The van der Waals surface area contributed by atoms with Crippen LogP contribution in [-0.4, -0.2) is 92.0 Å². The van der Waals surface area contributed by atoms with Crippen molar-refractivity contribution in [2.45, 2.75) is 91.6 Å². The zero-order valence-electron chi connectivity index (χ0n) is 30.1. The molecule has 282 valence electrons. The van der Waals surface area contributed by atoms with E-state index in [2.05, 4.69) is 15.3 Å². The summed E-state index contributed by atoms with van der Waals surface area (Å²) in [4.78, 5) is 80.6. The van der Waals surface area contributed by atoms with Crippen LogP contribution >= 0.6 is 0 Å². The Morgan fingerprint density at radius 1 is 0.849 bits per heavy atom. The predicted molar refractivity (Wildman–Crippen MR) is 178 cm³/mol. The Bertz CT molecular complexity index is 1990. The summed E-state index contributed by atoms with van der Waals surface area (Å²) in [6, 6.07) is 8.96. The molecular formula is C35H39N5O13. The first-order valence-electron chi connectivity index (χ1n) is 16.6. The van der Waals surface area contributed by atoms with E-state index in [0.29, 0.717) is 5.56 Å². The van der Waals surface area contributed by atoms with E-state index in [4.69, 9.17) is 33.2 Å². The van der Waals surface area contributed by atoms with Crippen molar-refractivity contribution in [2.24, 2.45) is 0 Å². The maximum Gasteiger partial charge on any atom is 0.338 e. The lowest BCUT2D eigenvalue weighted by Crippen LogP contribution is -2.60. The number of carbonyl (C=O) groups excluding carboxylic acids is 5. The van der Waals surface area contributed by atoms with E-state index in [1.54, 1.807) is 45.0 Å². The summed E-state index contributed by atoms with van der Waals surface area (Å²) in [7, 11) is 0. The van der Waals surface area contributed by atoms with Gasteiger partial charge in [0.2, 0.25) is 5.88 Å². The molecule has 0 N–H and O–H groups in total. The van der Waals surface area contributed by atoms with Crippen molar-refractivity contribution in [3.63, 3.8) is 0 Å². The quantitative estimate of drug-likeness (QED) is 0.203. The highest BCUT2D eigenvalue weighted by molar-refractivity contribution is 5.92. The normalized spacial score (nSPS) is 22.2. The number of aryl methyl sites for hydroxylation is 1. The van der Waals surface area contributed by atoms with Gasteiger partial charge in [-0.3, -0.25) is 28.5 Å². The van der Waals surface area contributed by atoms with Gasteiger partial charge in [0.1, 0.15) is 30.0 Å². The van der Waals surface area contributed by atoms with Gasteiger partial charge in [0, 0.05) is 27.7 Å². The lowest BCUT2D eigenvalue weighted by Gasteiger charge is -2.44. The summed E-state index contributed by atoms with van der Waals surface area (Å²) in [6.07, 6.45) is -5.38. The van der Waals surface area contributed by atoms with E-state index >= 15 is 0 Å². The Kier molecular flexibility index (Phi) is 11.7. The number of carbonyl (C=O) groups is 5. The van der Waals surface area contributed by atoms with Crippen LogP contribution in [0, 0.1) is 6.92 Å². The van der Waals surface area contributed by atoms with E-state index in [-0.39, 0.29) is 47.4 Å². The summed E-state index contributed by atoms with van der Waals surface area (Å²) >= 11 is 0. The summed E-state index contributed by atoms with van der Waals surface area (Å²) in [5, 5.41) is 8.38. The molecule has 0 radical (unpaired) electrons. The van der Waals surface area contributed by atoms with Crippen molar-refractivity contribution in [3.05, 3.63) is 80.9 Å². The maximum absolute atomic E-state index is 14.4. The van der Waals surface area contributed by atoms with Crippen LogP contribution in [0.15, 0.2) is 52.7 Å². The van der Waals surface area contributed by atoms with Crippen molar-refractivity contribution in [1.29, 1.82) is 0 Å². The van der Waals surface area contributed by atoms with Gasteiger partial charge in [-0.15, -0.1) is 5.10 Å². The number of ether oxygens (including phenoxy) is 7. The Balaban J connectivity index is 1.55. The van der Waals surface area contributed by atoms with E-state index in [0.717, 1.165) is 20.8 Å². The van der Waals surface area contributed by atoms with Crippen LogP contribution in [0.5, 0.6) is 5.88 Å². The minimum atomic E-state index is -1.43. The highest BCUT2D eigenvalue weighted by Gasteiger charge is 2.53. The molecule has 0 bridgehead atoms. The largest absolute Gasteiger partial charge is 0.463 e. The van der Waals surface area contributed by atoms with Gasteiger partial charge in [-0.05, 0) is 26.3 Å². The molecule has 2 aromatic heterocycles. The van der Waals surface area contributed by atoms with Crippen LogP contribution in [0.25, 0.3) is 0 Å². The van der Waals surface area contributed by atoms with Crippen LogP contribution in [-0.2, 0) is 58.9 Å². The Labute approximate surface area is 302 Å². The number of allylic oxidation sites excluding steroid dienone is 1. The number of nitrogens with zero attached hydrogens (tertiary/aromatic N) is 5. The van der Waals surface area contributed by atoms with Gasteiger partial charge in [-0.25, -0.2) is 9.48 Å². The molecule has 0 amide bonds. The van der Waals surface area contributed by atoms with Crippen molar-refractivity contribution < 1.29 is 57.1 Å². The molecule has 6 atom stereocenters.